The molecule has 0 atom stereocenters. The van der Waals surface area contributed by atoms with Gasteiger partial charge in [0.25, 0.3) is 5.56 Å². The van der Waals surface area contributed by atoms with Crippen LogP contribution < -0.4 is 10.9 Å². The third-order valence-electron chi connectivity index (χ3n) is 4.10. The van der Waals surface area contributed by atoms with Gasteiger partial charge in [-0.25, -0.2) is 4.68 Å². The largest absolute Gasteiger partial charge is 0.324 e. The number of aryl methyl sites for hydroxylation is 2. The highest BCUT2D eigenvalue weighted by molar-refractivity contribution is 5.90. The molecular formula is C19H23N5O2. The van der Waals surface area contributed by atoms with E-state index in [0.29, 0.717) is 22.3 Å². The zero-order valence-electron chi connectivity index (χ0n) is 15.7. The van der Waals surface area contributed by atoms with Crippen molar-refractivity contribution in [3.8, 4) is 0 Å². The molecule has 136 valence electrons. The summed E-state index contributed by atoms with van der Waals surface area (Å²) in [4.78, 5) is 25.3. The van der Waals surface area contributed by atoms with E-state index in [2.05, 4.69) is 15.5 Å². The zero-order valence-corrected chi connectivity index (χ0v) is 15.7. The van der Waals surface area contributed by atoms with Crippen molar-refractivity contribution in [3.63, 3.8) is 0 Å². The molecule has 0 spiro atoms. The minimum Gasteiger partial charge on any atom is -0.324 e. The van der Waals surface area contributed by atoms with Crippen molar-refractivity contribution in [1.82, 2.24) is 19.6 Å². The Labute approximate surface area is 151 Å². The Morgan fingerprint density at radius 2 is 1.96 bits per heavy atom. The normalized spacial score (nSPS) is 11.7. The first-order valence-corrected chi connectivity index (χ1v) is 8.49. The van der Waals surface area contributed by atoms with E-state index >= 15 is 0 Å². The molecule has 1 N–H and O–H groups in total. The average molecular weight is 353 g/mol. The van der Waals surface area contributed by atoms with Crippen LogP contribution in [-0.4, -0.2) is 25.5 Å². The van der Waals surface area contributed by atoms with Gasteiger partial charge < -0.3 is 5.32 Å². The van der Waals surface area contributed by atoms with Crippen molar-refractivity contribution in [2.75, 3.05) is 5.32 Å². The lowest BCUT2D eigenvalue weighted by atomic mass is 10.1. The van der Waals surface area contributed by atoms with Crippen LogP contribution in [0.4, 0.5) is 5.69 Å². The first-order valence-electron chi connectivity index (χ1n) is 8.49. The van der Waals surface area contributed by atoms with Gasteiger partial charge in [0.05, 0.1) is 17.4 Å². The van der Waals surface area contributed by atoms with Crippen LogP contribution in [0.1, 0.15) is 32.0 Å². The molecule has 0 bridgehead atoms. The Bertz CT molecular complexity index is 1040. The van der Waals surface area contributed by atoms with Crippen molar-refractivity contribution in [2.24, 2.45) is 0 Å². The minimum atomic E-state index is -0.351. The third-order valence-corrected chi connectivity index (χ3v) is 4.10. The van der Waals surface area contributed by atoms with Crippen LogP contribution in [0.2, 0.25) is 0 Å². The number of nitrogens with one attached hydrogen (secondary N) is 1. The van der Waals surface area contributed by atoms with Gasteiger partial charge in [-0.05, 0) is 52.3 Å². The smallest absolute Gasteiger partial charge is 0.293 e. The lowest BCUT2D eigenvalue weighted by molar-refractivity contribution is -0.117. The van der Waals surface area contributed by atoms with E-state index in [4.69, 9.17) is 0 Å². The topological polar surface area (TPSA) is 81.8 Å². The van der Waals surface area contributed by atoms with Crippen molar-refractivity contribution in [3.05, 3.63) is 52.1 Å². The van der Waals surface area contributed by atoms with Crippen molar-refractivity contribution >= 4 is 22.5 Å². The second kappa shape index (κ2) is 6.40. The molecule has 2 heterocycles. The molecule has 0 saturated carbocycles. The maximum atomic E-state index is 12.9. The van der Waals surface area contributed by atoms with Crippen LogP contribution in [0.25, 0.3) is 10.9 Å². The number of carbonyl (C=O) groups is 1. The Morgan fingerprint density at radius 3 is 2.62 bits per heavy atom. The van der Waals surface area contributed by atoms with Gasteiger partial charge in [-0.2, -0.15) is 10.2 Å². The highest BCUT2D eigenvalue weighted by atomic mass is 16.2. The second-order valence-corrected chi connectivity index (χ2v) is 7.46. The Kier molecular flexibility index (Phi) is 4.39. The molecule has 1 amide bonds. The molecule has 26 heavy (non-hydrogen) atoms. The monoisotopic (exact) mass is 353 g/mol. The summed E-state index contributed by atoms with van der Waals surface area (Å²) in [6, 6.07) is 7.50. The summed E-state index contributed by atoms with van der Waals surface area (Å²) in [5.41, 5.74) is 2.20. The Hall–Kier alpha value is -2.96. The van der Waals surface area contributed by atoms with Gasteiger partial charge in [0.2, 0.25) is 5.91 Å². The molecule has 3 rings (SSSR count). The van der Waals surface area contributed by atoms with Crippen LogP contribution in [0, 0.1) is 13.8 Å². The summed E-state index contributed by atoms with van der Waals surface area (Å²) in [5.74, 6) is -0.300. The van der Waals surface area contributed by atoms with Crippen LogP contribution in [0.5, 0.6) is 0 Å². The van der Waals surface area contributed by atoms with Crippen molar-refractivity contribution in [1.29, 1.82) is 0 Å². The van der Waals surface area contributed by atoms with Gasteiger partial charge in [-0.1, -0.05) is 12.1 Å². The zero-order chi connectivity index (χ0) is 19.1. The fourth-order valence-electron chi connectivity index (χ4n) is 2.90. The number of amides is 1. The Morgan fingerprint density at radius 1 is 1.23 bits per heavy atom. The van der Waals surface area contributed by atoms with Crippen LogP contribution in [-0.2, 0) is 16.9 Å². The number of carbonyl (C=O) groups excluding carboxylic acids is 1. The summed E-state index contributed by atoms with van der Waals surface area (Å²) < 4.78 is 2.89. The Balaban J connectivity index is 1.96. The van der Waals surface area contributed by atoms with E-state index in [9.17, 15) is 9.59 Å². The number of benzene rings is 1. The number of anilines is 1. The van der Waals surface area contributed by atoms with Gasteiger partial charge in [-0.3, -0.25) is 14.3 Å². The molecule has 0 aliphatic rings. The molecule has 3 aromatic rings. The summed E-state index contributed by atoms with van der Waals surface area (Å²) in [5, 5.41) is 12.1. The maximum Gasteiger partial charge on any atom is 0.293 e. The lowest BCUT2D eigenvalue weighted by Gasteiger charge is -2.20. The van der Waals surface area contributed by atoms with E-state index in [1.54, 1.807) is 10.9 Å². The summed E-state index contributed by atoms with van der Waals surface area (Å²) in [6.45, 7) is 9.53. The molecule has 1 aromatic carbocycles. The fraction of sp³-hybridized carbons (Fsp3) is 0.368. The number of rotatable bonds is 3. The number of nitrogens with zero attached hydrogens (tertiary/aromatic N) is 4. The summed E-state index contributed by atoms with van der Waals surface area (Å²) >= 11 is 0. The van der Waals surface area contributed by atoms with Gasteiger partial charge in [0.1, 0.15) is 12.1 Å². The minimum absolute atomic E-state index is 0.154. The van der Waals surface area contributed by atoms with E-state index in [0.717, 1.165) is 5.56 Å². The number of hydrogen-bond acceptors (Lipinski definition) is 4. The molecule has 2 aromatic heterocycles. The predicted molar refractivity (Wildman–Crippen MR) is 101 cm³/mol. The molecule has 0 aliphatic heterocycles. The standard InChI is InChI=1S/C19H23N5O2/c1-12-7-6-8-14(9-12)21-16(25)11-23-18(26)17-15(13(2)22-23)10-20-24(17)19(3,4)5/h6-10H,11H2,1-5H3,(H,21,25). The maximum absolute atomic E-state index is 12.9. The molecule has 0 radical (unpaired) electrons. The van der Waals surface area contributed by atoms with E-state index in [-0.39, 0.29) is 23.6 Å². The lowest BCUT2D eigenvalue weighted by Crippen LogP contribution is -2.33. The molecule has 0 unspecified atom stereocenters. The summed E-state index contributed by atoms with van der Waals surface area (Å²) in [7, 11) is 0. The van der Waals surface area contributed by atoms with Gasteiger partial charge in [0.15, 0.2) is 0 Å². The van der Waals surface area contributed by atoms with E-state index in [1.807, 2.05) is 58.9 Å². The number of hydrogen-bond donors (Lipinski definition) is 1. The molecule has 0 saturated heterocycles. The number of aromatic nitrogens is 4. The van der Waals surface area contributed by atoms with Gasteiger partial charge in [-0.15, -0.1) is 0 Å². The molecule has 7 nitrogen and oxygen atoms in total. The molecule has 0 fully saturated rings. The van der Waals surface area contributed by atoms with Gasteiger partial charge in [0, 0.05) is 11.1 Å². The van der Waals surface area contributed by atoms with Gasteiger partial charge >= 0.3 is 0 Å². The van der Waals surface area contributed by atoms with Crippen LogP contribution in [0.15, 0.2) is 35.3 Å². The average Bonchev–Trinajstić information content (AvgIpc) is 2.98. The highest BCUT2D eigenvalue weighted by Gasteiger charge is 2.22. The fourth-order valence-corrected chi connectivity index (χ4v) is 2.90. The van der Waals surface area contributed by atoms with Crippen molar-refractivity contribution in [2.45, 2.75) is 46.7 Å². The second-order valence-electron chi connectivity index (χ2n) is 7.46. The van der Waals surface area contributed by atoms with Crippen LogP contribution in [0.3, 0.4) is 0 Å². The van der Waals surface area contributed by atoms with Crippen molar-refractivity contribution < 1.29 is 4.79 Å². The van der Waals surface area contributed by atoms with Crippen LogP contribution >= 0.6 is 0 Å². The first-order chi connectivity index (χ1) is 12.2. The predicted octanol–water partition coefficient (Wildman–Crippen LogP) is 2.60. The molecular weight excluding hydrogens is 330 g/mol. The SMILES string of the molecule is Cc1cccc(NC(=O)Cn2nc(C)c3cnn(C(C)(C)C)c3c2=O)c1. The summed E-state index contributed by atoms with van der Waals surface area (Å²) in [6.07, 6.45) is 1.65. The molecule has 0 aliphatic carbocycles. The quantitative estimate of drug-likeness (QED) is 0.785. The molecule has 7 heteroatoms. The number of fused-ring (bicyclic) bond motifs is 1. The van der Waals surface area contributed by atoms with E-state index in [1.165, 1.54) is 4.68 Å². The van der Waals surface area contributed by atoms with E-state index < -0.39 is 0 Å². The third kappa shape index (κ3) is 3.37. The first kappa shape index (κ1) is 17.8. The highest BCUT2D eigenvalue weighted by Crippen LogP contribution is 2.20.